The van der Waals surface area contributed by atoms with Crippen molar-refractivity contribution in [2.75, 3.05) is 13.1 Å². The summed E-state index contributed by atoms with van der Waals surface area (Å²) < 4.78 is 0. The molecule has 96 heavy (non-hydrogen) atoms. The van der Waals surface area contributed by atoms with E-state index in [1.807, 2.05) is 22.7 Å². The van der Waals surface area contributed by atoms with E-state index in [1.54, 1.807) is 0 Å². The first-order valence-corrected chi connectivity index (χ1v) is 42.2. The summed E-state index contributed by atoms with van der Waals surface area (Å²) in [5, 5.41) is 9.72. The smallest absolute Gasteiger partial charge is 0.259 e. The molecule has 4 nitrogen and oxygen atoms in total. The van der Waals surface area contributed by atoms with Crippen LogP contribution in [0, 0.1) is 11.8 Å². The van der Waals surface area contributed by atoms with Crippen LogP contribution >= 0.6 is 22.7 Å². The highest BCUT2D eigenvalue weighted by Crippen LogP contribution is 2.44. The Labute approximate surface area is 592 Å². The van der Waals surface area contributed by atoms with Crippen molar-refractivity contribution in [1.29, 1.82) is 0 Å². The summed E-state index contributed by atoms with van der Waals surface area (Å²) in [5.74, 6) is 1.67. The summed E-state index contributed by atoms with van der Waals surface area (Å²) >= 11 is 3.74. The van der Waals surface area contributed by atoms with Gasteiger partial charge in [-0.25, -0.2) is 0 Å². The van der Waals surface area contributed by atoms with Gasteiger partial charge in [0.05, 0.1) is 10.6 Å². The van der Waals surface area contributed by atoms with E-state index in [0.29, 0.717) is 17.8 Å². The van der Waals surface area contributed by atoms with Gasteiger partial charge in [0, 0.05) is 55.0 Å². The van der Waals surface area contributed by atoms with Gasteiger partial charge >= 0.3 is 0 Å². The normalized spacial score (nSPS) is 14.0. The SMILES string of the molecule is CCCCCCCCCCCCCCC(CCCCCCCCCC)CN1C(=O)c2cc3c(cc2=C1C)C(=O)N(CC(CCCCCCCCCC)CCCCCCCCCCCCCC)C=3c1ccc(-c2cc3ccc4cc(-c5ccc(C(C)C)s5)cc5ccc(c2)c3c45)s1. The molecule has 524 valence electrons. The number of amides is 2. The van der Waals surface area contributed by atoms with Crippen molar-refractivity contribution in [3.63, 3.8) is 0 Å². The molecule has 0 radical (unpaired) electrons. The van der Waals surface area contributed by atoms with Gasteiger partial charge in [-0.05, 0) is 154 Å². The van der Waals surface area contributed by atoms with Crippen LogP contribution < -0.4 is 10.4 Å². The number of thiophene rings is 2. The van der Waals surface area contributed by atoms with Crippen LogP contribution in [-0.4, -0.2) is 34.7 Å². The number of nitrogens with zero attached hydrogens (tertiary/aromatic N) is 2. The second-order valence-corrected chi connectivity index (χ2v) is 32.8. The lowest BCUT2D eigenvalue weighted by Gasteiger charge is -2.27. The fourth-order valence-electron chi connectivity index (χ4n) is 16.4. The van der Waals surface area contributed by atoms with Gasteiger partial charge in [0.25, 0.3) is 11.8 Å². The molecule has 0 spiro atoms. The molecule has 6 heteroatoms. The number of carbonyl (C=O) groups is 2. The van der Waals surface area contributed by atoms with Gasteiger partial charge < -0.3 is 9.80 Å². The third kappa shape index (κ3) is 21.6. The maximum absolute atomic E-state index is 15.7. The van der Waals surface area contributed by atoms with Crippen LogP contribution in [0.5, 0.6) is 0 Å². The largest absolute Gasteiger partial charge is 0.312 e. The molecule has 0 fully saturated rings. The maximum Gasteiger partial charge on any atom is 0.259 e. The number of rotatable bonds is 52. The lowest BCUT2D eigenvalue weighted by atomic mass is 9.91. The lowest BCUT2D eigenvalue weighted by molar-refractivity contribution is 0.0813. The summed E-state index contributed by atoms with van der Waals surface area (Å²) in [5.41, 5.74) is 6.13. The average molecular weight is 1340 g/mol. The number of hydrogen-bond donors (Lipinski definition) is 0. The molecule has 5 aromatic carbocycles. The molecule has 2 atom stereocenters. The van der Waals surface area contributed by atoms with Crippen LogP contribution in [-0.2, 0) is 0 Å². The second-order valence-electron chi connectivity index (χ2n) is 30.6. The topological polar surface area (TPSA) is 40.6 Å². The van der Waals surface area contributed by atoms with Gasteiger partial charge in [-0.15, -0.1) is 22.7 Å². The minimum atomic E-state index is 0.122. The minimum Gasteiger partial charge on any atom is -0.312 e. The van der Waals surface area contributed by atoms with Gasteiger partial charge in [-0.2, -0.15) is 0 Å². The molecule has 0 N–H and O–H groups in total. The zero-order valence-corrected chi connectivity index (χ0v) is 63.5. The lowest BCUT2D eigenvalue weighted by Crippen LogP contribution is -2.31. The van der Waals surface area contributed by atoms with Crippen molar-refractivity contribution >= 4 is 78.2 Å². The van der Waals surface area contributed by atoms with Crippen LogP contribution in [0.1, 0.15) is 367 Å². The molecule has 0 saturated carbocycles. The van der Waals surface area contributed by atoms with Crippen LogP contribution in [0.3, 0.4) is 0 Å². The van der Waals surface area contributed by atoms with Gasteiger partial charge in [0.1, 0.15) is 0 Å². The van der Waals surface area contributed by atoms with Crippen molar-refractivity contribution in [3.8, 4) is 20.9 Å². The summed E-state index contributed by atoms with van der Waals surface area (Å²) in [7, 11) is 0. The molecule has 0 saturated heterocycles. The van der Waals surface area contributed by atoms with Crippen molar-refractivity contribution in [2.45, 2.75) is 337 Å². The Morgan fingerprint density at radius 1 is 0.333 bits per heavy atom. The molecule has 2 aliphatic rings. The first-order chi connectivity index (χ1) is 47.1. The first-order valence-electron chi connectivity index (χ1n) is 40.6. The standard InChI is InChI=1S/C90H130N2O2S2/c1-8-12-16-20-24-28-30-32-34-38-42-45-49-70(48-44-40-36-26-22-18-14-10-3)66-91-69(7)78-64-81-79(65-80(78)89(91)93)88(92(90(81)94)67-71(50-46-41-37-27-23-19-15-11-4)51-47-43-39-35-33-31-29-25-21-17-13-9-2)85-59-58-84(96-85)77-62-74-54-52-72-60-76(83-57-56-82(95-83)68(5)6)61-73-53-55-75(63-77)87(74)86(72)73/h52-65,68,70-71H,8-51,66-67H2,1-7H3. The molecule has 7 aromatic rings. The Bertz CT molecular complexity index is 3490. The van der Waals surface area contributed by atoms with Crippen LogP contribution in [0.4, 0.5) is 0 Å². The molecular formula is C90H130N2O2S2. The fourth-order valence-corrected chi connectivity index (χ4v) is 18.4. The van der Waals surface area contributed by atoms with Gasteiger partial charge in [0.2, 0.25) is 0 Å². The van der Waals surface area contributed by atoms with Crippen LogP contribution in [0.25, 0.3) is 64.6 Å². The second kappa shape index (κ2) is 41.1. The number of fused-ring (bicyclic) bond motifs is 2. The Hall–Kier alpha value is -4.78. The van der Waals surface area contributed by atoms with Gasteiger partial charge in [-0.3, -0.25) is 9.59 Å². The van der Waals surface area contributed by atoms with E-state index in [9.17, 15) is 0 Å². The molecule has 2 aliphatic heterocycles. The molecule has 0 bridgehead atoms. The zero-order valence-electron chi connectivity index (χ0n) is 61.9. The quantitative estimate of drug-likeness (QED) is 0.0282. The zero-order chi connectivity index (χ0) is 67.3. The third-order valence-corrected chi connectivity index (χ3v) is 24.9. The van der Waals surface area contributed by atoms with Crippen molar-refractivity contribution in [1.82, 2.24) is 9.80 Å². The third-order valence-electron chi connectivity index (χ3n) is 22.3. The monoisotopic (exact) mass is 1330 g/mol. The maximum atomic E-state index is 15.7. The average Bonchev–Trinajstić information content (AvgIpc) is 1.40. The molecule has 2 amide bonds. The Balaban J connectivity index is 0.977. The fraction of sp³-hybridized carbons (Fsp3) is 0.622. The van der Waals surface area contributed by atoms with Crippen LogP contribution in [0.2, 0.25) is 0 Å². The summed E-state index contributed by atoms with van der Waals surface area (Å²) in [6.45, 7) is 17.5. The first kappa shape index (κ1) is 75.4. The number of unbranched alkanes of at least 4 members (excludes halogenated alkanes) is 36. The molecule has 9 rings (SSSR count). The molecule has 0 aliphatic carbocycles. The molecule has 2 unspecified atom stereocenters. The summed E-state index contributed by atoms with van der Waals surface area (Å²) in [6, 6.07) is 32.5. The summed E-state index contributed by atoms with van der Waals surface area (Å²) in [6.07, 6.45) is 58.3. The van der Waals surface area contributed by atoms with E-state index in [-0.39, 0.29) is 11.8 Å². The van der Waals surface area contributed by atoms with E-state index < -0.39 is 0 Å². The van der Waals surface area contributed by atoms with E-state index in [0.717, 1.165) is 63.8 Å². The summed E-state index contributed by atoms with van der Waals surface area (Å²) in [4.78, 5) is 40.5. The predicted molar refractivity (Wildman–Crippen MR) is 423 cm³/mol. The number of carbonyl (C=O) groups excluding carboxylic acids is 2. The number of benzene rings is 5. The van der Waals surface area contributed by atoms with E-state index >= 15 is 9.59 Å². The molecule has 4 heterocycles. The van der Waals surface area contributed by atoms with E-state index in [4.69, 9.17) is 0 Å². The minimum absolute atomic E-state index is 0.122. The predicted octanol–water partition coefficient (Wildman–Crippen LogP) is 27.8. The Kier molecular flexibility index (Phi) is 32.3. The van der Waals surface area contributed by atoms with Crippen molar-refractivity contribution in [2.24, 2.45) is 11.8 Å². The molecular weight excluding hydrogens is 1210 g/mol. The van der Waals surface area contributed by atoms with E-state index in [1.165, 1.54) is 328 Å². The highest BCUT2D eigenvalue weighted by atomic mass is 32.1. The van der Waals surface area contributed by atoms with Gasteiger partial charge in [-0.1, -0.05) is 323 Å². The van der Waals surface area contributed by atoms with Crippen LogP contribution in [0.15, 0.2) is 84.9 Å². The Morgan fingerprint density at radius 2 is 0.635 bits per heavy atom. The van der Waals surface area contributed by atoms with E-state index in [2.05, 4.69) is 143 Å². The highest BCUT2D eigenvalue weighted by molar-refractivity contribution is 7.16. The van der Waals surface area contributed by atoms with Crippen molar-refractivity contribution < 1.29 is 9.59 Å². The van der Waals surface area contributed by atoms with Crippen molar-refractivity contribution in [3.05, 3.63) is 116 Å². The number of hydrogen-bond acceptors (Lipinski definition) is 4. The Morgan fingerprint density at radius 3 is 1.00 bits per heavy atom. The molecule has 2 aromatic heterocycles. The highest BCUT2D eigenvalue weighted by Gasteiger charge is 2.37. The van der Waals surface area contributed by atoms with Gasteiger partial charge in [0.15, 0.2) is 0 Å².